The highest BCUT2D eigenvalue weighted by atomic mass is 16.7. The van der Waals surface area contributed by atoms with Gasteiger partial charge in [-0.2, -0.15) is 0 Å². The predicted molar refractivity (Wildman–Crippen MR) is 91.8 cm³/mol. The van der Waals surface area contributed by atoms with Crippen molar-refractivity contribution in [3.05, 3.63) is 24.8 Å². The Morgan fingerprint density at radius 1 is 1.16 bits per heavy atom. The van der Waals surface area contributed by atoms with Gasteiger partial charge < -0.3 is 28.4 Å². The van der Waals surface area contributed by atoms with Gasteiger partial charge in [-0.25, -0.2) is 9.59 Å². The lowest BCUT2D eigenvalue weighted by molar-refractivity contribution is -0.225. The number of esters is 2. The molecule has 0 heterocycles. The minimum atomic E-state index is -1.03. The molecule has 25 heavy (non-hydrogen) atoms. The van der Waals surface area contributed by atoms with Crippen molar-refractivity contribution in [2.45, 2.75) is 32.3 Å². The van der Waals surface area contributed by atoms with Crippen molar-refractivity contribution in [1.29, 1.82) is 0 Å². The Morgan fingerprint density at radius 2 is 1.72 bits per heavy atom. The molecule has 0 saturated heterocycles. The number of hydrogen-bond acceptors (Lipinski definition) is 8. The lowest BCUT2D eigenvalue weighted by Gasteiger charge is -2.26. The second-order valence-electron chi connectivity index (χ2n) is 5.00. The van der Waals surface area contributed by atoms with E-state index in [-0.39, 0.29) is 25.5 Å². The van der Waals surface area contributed by atoms with Gasteiger partial charge in [0.05, 0.1) is 6.61 Å². The Bertz CT molecular complexity index is 417. The van der Waals surface area contributed by atoms with Crippen LogP contribution in [0.25, 0.3) is 0 Å². The van der Waals surface area contributed by atoms with Crippen LogP contribution >= 0.6 is 0 Å². The number of ether oxygens (including phenoxy) is 6. The van der Waals surface area contributed by atoms with E-state index in [1.807, 2.05) is 0 Å². The van der Waals surface area contributed by atoms with E-state index < -0.39 is 11.8 Å². The highest BCUT2D eigenvalue weighted by molar-refractivity contribution is 5.86. The standard InChI is InChI=1S/C9H16O4.C8H14O4/c1-7(2)9(10)13-6-5-8(11-3)12-4;1-5-7(9)12-8(2,11-4)6-10-3/h8H,1,5-6H2,2-4H3;5H,1,6H2,2-4H3. The molecule has 0 aliphatic carbocycles. The second-order valence-corrected chi connectivity index (χ2v) is 5.00. The summed E-state index contributed by atoms with van der Waals surface area (Å²) < 4.78 is 29.3. The summed E-state index contributed by atoms with van der Waals surface area (Å²) in [6.45, 7) is 10.4. The number of rotatable bonds is 11. The van der Waals surface area contributed by atoms with Crippen LogP contribution in [0.5, 0.6) is 0 Å². The smallest absolute Gasteiger partial charge is 0.333 e. The van der Waals surface area contributed by atoms with E-state index in [2.05, 4.69) is 13.2 Å². The molecule has 0 bridgehead atoms. The summed E-state index contributed by atoms with van der Waals surface area (Å²) in [5, 5.41) is 0. The van der Waals surface area contributed by atoms with E-state index in [4.69, 9.17) is 28.4 Å². The molecule has 1 unspecified atom stereocenters. The van der Waals surface area contributed by atoms with Crippen molar-refractivity contribution >= 4 is 11.9 Å². The van der Waals surface area contributed by atoms with Crippen molar-refractivity contribution in [2.24, 2.45) is 0 Å². The average Bonchev–Trinajstić information content (AvgIpc) is 2.59. The molecule has 0 aliphatic heterocycles. The Hall–Kier alpha value is -1.74. The fourth-order valence-electron chi connectivity index (χ4n) is 1.35. The summed E-state index contributed by atoms with van der Waals surface area (Å²) in [4.78, 5) is 21.7. The summed E-state index contributed by atoms with van der Waals surface area (Å²) >= 11 is 0. The first-order valence-corrected chi connectivity index (χ1v) is 7.47. The van der Waals surface area contributed by atoms with Gasteiger partial charge in [0.25, 0.3) is 0 Å². The van der Waals surface area contributed by atoms with Gasteiger partial charge >= 0.3 is 11.9 Å². The van der Waals surface area contributed by atoms with Gasteiger partial charge in [-0.3, -0.25) is 0 Å². The van der Waals surface area contributed by atoms with E-state index in [0.29, 0.717) is 12.0 Å². The molecule has 0 fully saturated rings. The van der Waals surface area contributed by atoms with Gasteiger partial charge in [0.15, 0.2) is 6.29 Å². The van der Waals surface area contributed by atoms with E-state index >= 15 is 0 Å². The maximum absolute atomic E-state index is 10.9. The zero-order valence-corrected chi connectivity index (χ0v) is 16.0. The number of carbonyl (C=O) groups is 2. The molecular weight excluding hydrogens is 332 g/mol. The third-order valence-electron chi connectivity index (χ3n) is 2.78. The zero-order valence-electron chi connectivity index (χ0n) is 16.0. The first-order valence-electron chi connectivity index (χ1n) is 7.47. The van der Waals surface area contributed by atoms with Crippen LogP contribution in [0.4, 0.5) is 0 Å². The first kappa shape index (κ1) is 25.5. The number of carbonyl (C=O) groups excluding carboxylic acids is 2. The van der Waals surface area contributed by atoms with Crippen molar-refractivity contribution in [3.63, 3.8) is 0 Å². The molecule has 0 aromatic heterocycles. The molecule has 0 aromatic carbocycles. The van der Waals surface area contributed by atoms with Crippen molar-refractivity contribution in [2.75, 3.05) is 41.7 Å². The van der Waals surface area contributed by atoms with Gasteiger partial charge in [0.2, 0.25) is 5.79 Å². The largest absolute Gasteiger partial charge is 0.462 e. The van der Waals surface area contributed by atoms with Gasteiger partial charge in [-0.1, -0.05) is 13.2 Å². The molecule has 0 rings (SSSR count). The van der Waals surface area contributed by atoms with Crippen LogP contribution in [0, 0.1) is 0 Å². The van der Waals surface area contributed by atoms with Crippen LogP contribution in [0.3, 0.4) is 0 Å². The molecule has 0 radical (unpaired) electrons. The summed E-state index contributed by atoms with van der Waals surface area (Å²) in [5.41, 5.74) is 0.395. The zero-order chi connectivity index (χ0) is 19.9. The van der Waals surface area contributed by atoms with Crippen molar-refractivity contribution in [1.82, 2.24) is 0 Å². The SMILES string of the molecule is C=C(C)C(=O)OCCC(OC)OC.C=CC(=O)OC(C)(COC)OC. The third-order valence-corrected chi connectivity index (χ3v) is 2.78. The van der Waals surface area contributed by atoms with E-state index in [1.165, 1.54) is 28.4 Å². The van der Waals surface area contributed by atoms with Crippen LogP contribution in [0.2, 0.25) is 0 Å². The molecule has 1 atom stereocenters. The van der Waals surface area contributed by atoms with Gasteiger partial charge in [-0.15, -0.1) is 0 Å². The van der Waals surface area contributed by atoms with Crippen LogP contribution in [0.1, 0.15) is 20.3 Å². The molecule has 8 heteroatoms. The molecule has 8 nitrogen and oxygen atoms in total. The molecule has 0 spiro atoms. The fourth-order valence-corrected chi connectivity index (χ4v) is 1.35. The molecule has 146 valence electrons. The Balaban J connectivity index is 0. The lowest BCUT2D eigenvalue weighted by Crippen LogP contribution is -2.37. The summed E-state index contributed by atoms with van der Waals surface area (Å²) in [7, 11) is 6.01. The first-order chi connectivity index (χ1) is 11.7. The third kappa shape index (κ3) is 13.2. The van der Waals surface area contributed by atoms with E-state index in [0.717, 1.165) is 6.08 Å². The Kier molecular flexibility index (Phi) is 14.9. The number of hydrogen-bond donors (Lipinski definition) is 0. The maximum atomic E-state index is 10.9. The van der Waals surface area contributed by atoms with Crippen molar-refractivity contribution < 1.29 is 38.0 Å². The van der Waals surface area contributed by atoms with E-state index in [1.54, 1.807) is 13.8 Å². The van der Waals surface area contributed by atoms with Crippen LogP contribution < -0.4 is 0 Å². The Morgan fingerprint density at radius 3 is 2.08 bits per heavy atom. The molecule has 0 saturated carbocycles. The van der Waals surface area contributed by atoms with Gasteiger partial charge in [0, 0.05) is 53.4 Å². The summed E-state index contributed by atoms with van der Waals surface area (Å²) in [6.07, 6.45) is 1.27. The van der Waals surface area contributed by atoms with Crippen molar-refractivity contribution in [3.8, 4) is 0 Å². The number of methoxy groups -OCH3 is 4. The second kappa shape index (κ2) is 14.6. The van der Waals surface area contributed by atoms with Crippen LogP contribution in [0.15, 0.2) is 24.8 Å². The lowest BCUT2D eigenvalue weighted by atomic mass is 10.3. The topological polar surface area (TPSA) is 89.5 Å². The molecular formula is C17H30O8. The highest BCUT2D eigenvalue weighted by Crippen LogP contribution is 2.11. The minimum Gasteiger partial charge on any atom is -0.462 e. The summed E-state index contributed by atoms with van der Waals surface area (Å²) in [5.74, 6) is -1.94. The van der Waals surface area contributed by atoms with Gasteiger partial charge in [0.1, 0.15) is 6.61 Å². The summed E-state index contributed by atoms with van der Waals surface area (Å²) in [6, 6.07) is 0. The van der Waals surface area contributed by atoms with Crippen LogP contribution in [-0.4, -0.2) is 65.7 Å². The monoisotopic (exact) mass is 362 g/mol. The molecule has 0 aromatic rings. The Labute approximate surface area is 149 Å². The fraction of sp³-hybridized carbons (Fsp3) is 0.647. The van der Waals surface area contributed by atoms with Crippen LogP contribution in [-0.2, 0) is 38.0 Å². The minimum absolute atomic E-state index is 0.184. The maximum Gasteiger partial charge on any atom is 0.333 e. The molecule has 0 aliphatic rings. The quantitative estimate of drug-likeness (QED) is 0.312. The predicted octanol–water partition coefficient (Wildman–Crippen LogP) is 1.84. The normalized spacial score (nSPS) is 12.4. The highest BCUT2D eigenvalue weighted by Gasteiger charge is 2.27. The van der Waals surface area contributed by atoms with Gasteiger partial charge in [-0.05, 0) is 6.92 Å². The molecule has 0 amide bonds. The average molecular weight is 362 g/mol. The van der Waals surface area contributed by atoms with E-state index in [9.17, 15) is 9.59 Å². The molecule has 0 N–H and O–H groups in total.